The molecule has 2 aromatic heterocycles. The summed E-state index contributed by atoms with van der Waals surface area (Å²) in [5.41, 5.74) is 6.62. The van der Waals surface area contributed by atoms with Gasteiger partial charge >= 0.3 is 0 Å². The molecule has 3 aliphatic rings. The lowest BCUT2D eigenvalue weighted by molar-refractivity contribution is 0.0737. The Labute approximate surface area is 160 Å². The van der Waals surface area contributed by atoms with Crippen molar-refractivity contribution >= 4 is 0 Å². The summed E-state index contributed by atoms with van der Waals surface area (Å²) in [4.78, 5) is 14.9. The van der Waals surface area contributed by atoms with E-state index in [1.165, 1.54) is 54.6 Å². The Kier molecular flexibility index (Phi) is 4.38. The van der Waals surface area contributed by atoms with Crippen LogP contribution in [0.25, 0.3) is 0 Å². The maximum Gasteiger partial charge on any atom is 0.267 e. The monoisotopic (exact) mass is 367 g/mol. The van der Waals surface area contributed by atoms with E-state index < -0.39 is 0 Å². The standard InChI is InChI=1S/C21H29N5O/c1-24-20(17-7-3-5-9-19(17)22-24)14-25-11-15(12-25)13-26-21(27)10-16-6-2-4-8-18(16)23-26/h10,15H,2-9,11-14H2,1H3. The fourth-order valence-corrected chi connectivity index (χ4v) is 5.05. The molecular weight excluding hydrogens is 338 g/mol. The van der Waals surface area contributed by atoms with Gasteiger partial charge in [0, 0.05) is 38.7 Å². The van der Waals surface area contributed by atoms with Crippen LogP contribution in [0.3, 0.4) is 0 Å². The molecule has 0 aromatic carbocycles. The van der Waals surface area contributed by atoms with Crippen LogP contribution in [0.4, 0.5) is 0 Å². The Morgan fingerprint density at radius 3 is 2.59 bits per heavy atom. The summed E-state index contributed by atoms with van der Waals surface area (Å²) >= 11 is 0. The van der Waals surface area contributed by atoms with E-state index in [2.05, 4.69) is 21.7 Å². The van der Waals surface area contributed by atoms with Crippen molar-refractivity contribution in [1.82, 2.24) is 24.5 Å². The van der Waals surface area contributed by atoms with Gasteiger partial charge in [-0.05, 0) is 62.5 Å². The zero-order chi connectivity index (χ0) is 18.4. The second-order valence-corrected chi connectivity index (χ2v) is 8.61. The first-order valence-corrected chi connectivity index (χ1v) is 10.5. The summed E-state index contributed by atoms with van der Waals surface area (Å²) in [6, 6.07) is 1.83. The molecule has 1 aliphatic heterocycles. The third-order valence-electron chi connectivity index (χ3n) is 6.56. The third kappa shape index (κ3) is 3.24. The predicted molar refractivity (Wildman–Crippen MR) is 104 cm³/mol. The van der Waals surface area contributed by atoms with E-state index in [1.807, 2.05) is 6.07 Å². The van der Waals surface area contributed by atoms with Crippen LogP contribution >= 0.6 is 0 Å². The Balaban J connectivity index is 1.22. The Morgan fingerprint density at radius 1 is 1.00 bits per heavy atom. The molecule has 6 heteroatoms. The van der Waals surface area contributed by atoms with Crippen molar-refractivity contribution in [1.29, 1.82) is 0 Å². The maximum atomic E-state index is 12.4. The fraction of sp³-hybridized carbons (Fsp3) is 0.667. The fourth-order valence-electron chi connectivity index (χ4n) is 5.05. The summed E-state index contributed by atoms with van der Waals surface area (Å²) in [6.07, 6.45) is 9.32. The van der Waals surface area contributed by atoms with Gasteiger partial charge in [0.15, 0.2) is 0 Å². The molecule has 0 bridgehead atoms. The average Bonchev–Trinajstić information content (AvgIpc) is 2.95. The van der Waals surface area contributed by atoms with Gasteiger partial charge in [-0.1, -0.05) is 0 Å². The minimum Gasteiger partial charge on any atom is -0.297 e. The number of nitrogens with zero attached hydrogens (tertiary/aromatic N) is 5. The Morgan fingerprint density at radius 2 is 1.74 bits per heavy atom. The number of likely N-dealkylation sites (tertiary alicyclic amines) is 1. The van der Waals surface area contributed by atoms with Gasteiger partial charge in [0.25, 0.3) is 5.56 Å². The molecule has 6 nitrogen and oxygen atoms in total. The van der Waals surface area contributed by atoms with Gasteiger partial charge in [0.1, 0.15) is 0 Å². The van der Waals surface area contributed by atoms with Crippen LogP contribution in [0.2, 0.25) is 0 Å². The van der Waals surface area contributed by atoms with E-state index in [4.69, 9.17) is 5.10 Å². The molecule has 144 valence electrons. The first kappa shape index (κ1) is 17.2. The largest absolute Gasteiger partial charge is 0.297 e. The van der Waals surface area contributed by atoms with Crippen LogP contribution in [0, 0.1) is 5.92 Å². The molecule has 1 saturated heterocycles. The number of hydrogen-bond acceptors (Lipinski definition) is 4. The number of hydrogen-bond donors (Lipinski definition) is 0. The molecule has 0 radical (unpaired) electrons. The first-order chi connectivity index (χ1) is 13.2. The average molecular weight is 367 g/mol. The topological polar surface area (TPSA) is 56.0 Å². The zero-order valence-corrected chi connectivity index (χ0v) is 16.3. The molecule has 1 fully saturated rings. The van der Waals surface area contributed by atoms with E-state index in [0.29, 0.717) is 5.92 Å². The van der Waals surface area contributed by atoms with Crippen LogP contribution < -0.4 is 5.56 Å². The molecule has 2 aliphatic carbocycles. The number of aryl methyl sites for hydroxylation is 4. The van der Waals surface area contributed by atoms with Crippen molar-refractivity contribution in [3.05, 3.63) is 44.6 Å². The van der Waals surface area contributed by atoms with E-state index in [1.54, 1.807) is 4.68 Å². The molecule has 0 spiro atoms. The van der Waals surface area contributed by atoms with E-state index >= 15 is 0 Å². The lowest BCUT2D eigenvalue weighted by Crippen LogP contribution is -2.49. The zero-order valence-electron chi connectivity index (χ0n) is 16.3. The SMILES string of the molecule is Cn1nc2c(c1CN1CC(Cn3nc4c(cc3=O)CCCC4)C1)CCCC2. The van der Waals surface area contributed by atoms with Crippen LogP contribution in [-0.2, 0) is 45.8 Å². The van der Waals surface area contributed by atoms with Crippen molar-refractivity contribution in [3.8, 4) is 0 Å². The molecule has 0 amide bonds. The van der Waals surface area contributed by atoms with Crippen LogP contribution in [-0.4, -0.2) is 37.6 Å². The predicted octanol–water partition coefficient (Wildman–Crippen LogP) is 1.87. The molecule has 27 heavy (non-hydrogen) atoms. The molecule has 2 aromatic rings. The van der Waals surface area contributed by atoms with Gasteiger partial charge in [-0.2, -0.15) is 10.2 Å². The van der Waals surface area contributed by atoms with Gasteiger partial charge < -0.3 is 0 Å². The third-order valence-corrected chi connectivity index (χ3v) is 6.56. The molecule has 0 N–H and O–H groups in total. The van der Waals surface area contributed by atoms with Crippen molar-refractivity contribution < 1.29 is 0 Å². The highest BCUT2D eigenvalue weighted by Crippen LogP contribution is 2.27. The van der Waals surface area contributed by atoms with Gasteiger partial charge in [-0.15, -0.1) is 0 Å². The van der Waals surface area contributed by atoms with E-state index in [-0.39, 0.29) is 5.56 Å². The summed E-state index contributed by atoms with van der Waals surface area (Å²) in [5, 5.41) is 9.42. The highest BCUT2D eigenvalue weighted by molar-refractivity contribution is 5.29. The normalized spacial score (nSPS) is 20.2. The van der Waals surface area contributed by atoms with Crippen molar-refractivity contribution in [2.75, 3.05) is 13.1 Å². The Hall–Kier alpha value is -1.95. The van der Waals surface area contributed by atoms with Gasteiger partial charge in [-0.3, -0.25) is 14.4 Å². The van der Waals surface area contributed by atoms with Crippen molar-refractivity contribution in [2.45, 2.75) is 64.5 Å². The van der Waals surface area contributed by atoms with Crippen molar-refractivity contribution in [3.63, 3.8) is 0 Å². The minimum absolute atomic E-state index is 0.0785. The molecule has 5 rings (SSSR count). The van der Waals surface area contributed by atoms with Crippen LogP contribution in [0.5, 0.6) is 0 Å². The number of fused-ring (bicyclic) bond motifs is 2. The lowest BCUT2D eigenvalue weighted by atomic mass is 9.94. The van der Waals surface area contributed by atoms with Gasteiger partial charge in [0.2, 0.25) is 0 Å². The highest BCUT2D eigenvalue weighted by Gasteiger charge is 2.30. The summed E-state index contributed by atoms with van der Waals surface area (Å²) in [5.74, 6) is 0.529. The van der Waals surface area contributed by atoms with Gasteiger partial charge in [-0.25, -0.2) is 4.68 Å². The molecular formula is C21H29N5O. The molecule has 0 unspecified atom stereocenters. The van der Waals surface area contributed by atoms with Gasteiger partial charge in [0.05, 0.1) is 23.6 Å². The highest BCUT2D eigenvalue weighted by atomic mass is 16.1. The van der Waals surface area contributed by atoms with Crippen LogP contribution in [0.1, 0.15) is 53.9 Å². The second kappa shape index (κ2) is 6.89. The smallest absolute Gasteiger partial charge is 0.267 e. The molecule has 0 saturated carbocycles. The molecule has 0 atom stereocenters. The van der Waals surface area contributed by atoms with E-state index in [0.717, 1.165) is 51.1 Å². The quantitative estimate of drug-likeness (QED) is 0.828. The molecule has 3 heterocycles. The lowest BCUT2D eigenvalue weighted by Gasteiger charge is -2.39. The Bertz CT molecular complexity index is 906. The summed E-state index contributed by atoms with van der Waals surface area (Å²) in [7, 11) is 2.08. The van der Waals surface area contributed by atoms with Crippen LogP contribution in [0.15, 0.2) is 10.9 Å². The van der Waals surface area contributed by atoms with E-state index in [9.17, 15) is 4.79 Å². The first-order valence-electron chi connectivity index (χ1n) is 10.5. The van der Waals surface area contributed by atoms with Crippen molar-refractivity contribution in [2.24, 2.45) is 13.0 Å². The summed E-state index contributed by atoms with van der Waals surface area (Å²) in [6.45, 7) is 3.84. The second-order valence-electron chi connectivity index (χ2n) is 8.61. The number of aromatic nitrogens is 4. The number of rotatable bonds is 4. The minimum atomic E-state index is 0.0785. The summed E-state index contributed by atoms with van der Waals surface area (Å²) < 4.78 is 3.82. The maximum absolute atomic E-state index is 12.4.